The quantitative estimate of drug-likeness (QED) is 0.275. The third kappa shape index (κ3) is 5.55. The molecule has 0 aromatic heterocycles. The summed E-state index contributed by atoms with van der Waals surface area (Å²) in [6.07, 6.45) is -6.28. The molecule has 210 valence electrons. The summed E-state index contributed by atoms with van der Waals surface area (Å²) >= 11 is 0. The van der Waals surface area contributed by atoms with E-state index in [2.05, 4.69) is 0 Å². The first kappa shape index (κ1) is 28.4. The van der Waals surface area contributed by atoms with Crippen LogP contribution in [0.25, 0.3) is 0 Å². The minimum atomic E-state index is -1.55. The van der Waals surface area contributed by atoms with Crippen LogP contribution in [0.3, 0.4) is 0 Å². The summed E-state index contributed by atoms with van der Waals surface area (Å²) in [5.41, 5.74) is 2.53. The van der Waals surface area contributed by atoms with Gasteiger partial charge in [-0.05, 0) is 42.2 Å². The maximum Gasteiger partial charge on any atom is 0.186 e. The Hall–Kier alpha value is -2.64. The van der Waals surface area contributed by atoms with Crippen LogP contribution >= 0.6 is 0 Å². The Morgan fingerprint density at radius 1 is 0.842 bits per heavy atom. The monoisotopic (exact) mass is 536 g/mol. The zero-order chi connectivity index (χ0) is 27.4. The summed E-state index contributed by atoms with van der Waals surface area (Å²) in [7, 11) is 4.65. The second kappa shape index (κ2) is 12.5. The Kier molecular flexibility index (Phi) is 9.32. The highest BCUT2D eigenvalue weighted by atomic mass is 16.7. The number of hydrogen-bond acceptors (Lipinski definition) is 11. The van der Waals surface area contributed by atoms with Crippen molar-refractivity contribution in [2.75, 3.05) is 41.2 Å². The molecule has 38 heavy (non-hydrogen) atoms. The Bertz CT molecular complexity index is 1080. The largest absolute Gasteiger partial charge is 0.493 e. The van der Waals surface area contributed by atoms with E-state index in [1.807, 2.05) is 24.3 Å². The molecule has 2 aliphatic rings. The van der Waals surface area contributed by atoms with Crippen LogP contribution in [-0.2, 0) is 15.9 Å². The number of aliphatic hydroxyl groups excluding tert-OH is 5. The van der Waals surface area contributed by atoms with Crippen molar-refractivity contribution in [2.24, 2.45) is 0 Å². The number of benzene rings is 2. The van der Waals surface area contributed by atoms with Gasteiger partial charge in [-0.3, -0.25) is 0 Å². The van der Waals surface area contributed by atoms with Crippen LogP contribution in [0, 0.1) is 0 Å². The minimum Gasteiger partial charge on any atom is -0.493 e. The first-order chi connectivity index (χ1) is 18.4. The summed E-state index contributed by atoms with van der Waals surface area (Å²) in [5, 5.41) is 49.6. The van der Waals surface area contributed by atoms with E-state index >= 15 is 0 Å². The Morgan fingerprint density at radius 3 is 2.24 bits per heavy atom. The molecule has 0 spiro atoms. The standard InChI is InChI=1S/C27H36O11/c1-33-18-7-6-15(11-19(18)34-2)25-17(13-36-27-24(32)23(31)22(30)21(12-29)37-27)16-9-14(5-4-8-28)10-20(35-3)26(16)38-25/h6-7,9-11,17,21-25,27-32H,4-5,8,12-13H2,1-3H3. The first-order valence-electron chi connectivity index (χ1n) is 12.5. The van der Waals surface area contributed by atoms with E-state index in [1.165, 1.54) is 0 Å². The third-order valence-corrected chi connectivity index (χ3v) is 7.02. The lowest BCUT2D eigenvalue weighted by Gasteiger charge is -2.40. The molecule has 5 N–H and O–H groups in total. The van der Waals surface area contributed by atoms with Crippen LogP contribution in [0.2, 0.25) is 0 Å². The predicted molar refractivity (Wildman–Crippen MR) is 134 cm³/mol. The average molecular weight is 537 g/mol. The maximum absolute atomic E-state index is 10.5. The number of methoxy groups -OCH3 is 3. The van der Waals surface area contributed by atoms with Crippen molar-refractivity contribution in [1.82, 2.24) is 0 Å². The van der Waals surface area contributed by atoms with Gasteiger partial charge in [0.15, 0.2) is 29.3 Å². The highest BCUT2D eigenvalue weighted by Gasteiger charge is 2.45. The zero-order valence-corrected chi connectivity index (χ0v) is 21.6. The van der Waals surface area contributed by atoms with Crippen molar-refractivity contribution in [3.8, 4) is 23.0 Å². The summed E-state index contributed by atoms with van der Waals surface area (Å²) < 4.78 is 34.4. The lowest BCUT2D eigenvalue weighted by atomic mass is 9.90. The molecule has 0 aliphatic carbocycles. The molecule has 2 aromatic carbocycles. The molecule has 2 aromatic rings. The second-order valence-electron chi connectivity index (χ2n) is 9.33. The van der Waals surface area contributed by atoms with Crippen LogP contribution in [0.1, 0.15) is 35.1 Å². The van der Waals surface area contributed by atoms with Crippen molar-refractivity contribution in [1.29, 1.82) is 0 Å². The van der Waals surface area contributed by atoms with Gasteiger partial charge < -0.3 is 54.0 Å². The van der Waals surface area contributed by atoms with Gasteiger partial charge in [0.1, 0.15) is 30.5 Å². The van der Waals surface area contributed by atoms with E-state index in [9.17, 15) is 25.5 Å². The molecule has 11 heteroatoms. The third-order valence-electron chi connectivity index (χ3n) is 7.02. The number of fused-ring (bicyclic) bond motifs is 1. The Morgan fingerprint density at radius 2 is 1.58 bits per heavy atom. The fourth-order valence-corrected chi connectivity index (χ4v) is 4.95. The minimum absolute atomic E-state index is 0.00130. The molecule has 4 rings (SSSR count). The molecular formula is C27H36O11. The van der Waals surface area contributed by atoms with Crippen molar-refractivity contribution in [3.63, 3.8) is 0 Å². The Balaban J connectivity index is 1.69. The van der Waals surface area contributed by atoms with E-state index in [4.69, 9.17) is 28.4 Å². The van der Waals surface area contributed by atoms with Crippen molar-refractivity contribution < 1.29 is 54.0 Å². The lowest BCUT2D eigenvalue weighted by Crippen LogP contribution is -2.59. The highest BCUT2D eigenvalue weighted by Crippen LogP contribution is 2.52. The van der Waals surface area contributed by atoms with E-state index in [0.717, 1.165) is 16.7 Å². The normalized spacial score (nSPS) is 28.5. The molecule has 7 atom stereocenters. The zero-order valence-electron chi connectivity index (χ0n) is 21.6. The molecule has 0 radical (unpaired) electrons. The molecule has 0 amide bonds. The maximum atomic E-state index is 10.5. The van der Waals surface area contributed by atoms with E-state index in [1.54, 1.807) is 27.4 Å². The predicted octanol–water partition coefficient (Wildman–Crippen LogP) is 0.671. The van der Waals surface area contributed by atoms with E-state index < -0.39 is 49.3 Å². The van der Waals surface area contributed by atoms with Crippen LogP contribution in [0.15, 0.2) is 30.3 Å². The molecule has 2 aliphatic heterocycles. The number of hydrogen-bond donors (Lipinski definition) is 5. The molecule has 7 unspecified atom stereocenters. The summed E-state index contributed by atoms with van der Waals surface area (Å²) in [6.45, 7) is -0.505. The van der Waals surface area contributed by atoms with E-state index in [0.29, 0.717) is 35.8 Å². The van der Waals surface area contributed by atoms with Crippen LogP contribution in [0.5, 0.6) is 23.0 Å². The van der Waals surface area contributed by atoms with Gasteiger partial charge in [-0.25, -0.2) is 0 Å². The molecule has 0 saturated carbocycles. The van der Waals surface area contributed by atoms with Gasteiger partial charge in [0, 0.05) is 12.2 Å². The highest BCUT2D eigenvalue weighted by molar-refractivity contribution is 5.56. The van der Waals surface area contributed by atoms with Gasteiger partial charge in [-0.2, -0.15) is 0 Å². The topological polar surface area (TPSA) is 157 Å². The molecular weight excluding hydrogens is 500 g/mol. The fraction of sp³-hybridized carbons (Fsp3) is 0.556. The molecule has 1 saturated heterocycles. The summed E-state index contributed by atoms with van der Waals surface area (Å²) in [6, 6.07) is 9.31. The SMILES string of the molecule is COc1ccc(C2Oc3c(OC)cc(CCCO)cc3C2COC2OC(CO)C(O)C(O)C2O)cc1OC. The first-order valence-corrected chi connectivity index (χ1v) is 12.5. The van der Waals surface area contributed by atoms with Crippen LogP contribution < -0.4 is 18.9 Å². The van der Waals surface area contributed by atoms with Crippen LogP contribution in [0.4, 0.5) is 0 Å². The number of aliphatic hydroxyl groups is 5. The number of aryl methyl sites for hydroxylation is 1. The number of ether oxygens (including phenoxy) is 6. The second-order valence-corrected chi connectivity index (χ2v) is 9.33. The number of rotatable bonds is 11. The van der Waals surface area contributed by atoms with Crippen molar-refractivity contribution in [2.45, 2.75) is 55.6 Å². The molecule has 1 fully saturated rings. The molecule has 2 heterocycles. The van der Waals surface area contributed by atoms with Crippen molar-refractivity contribution >= 4 is 0 Å². The smallest absolute Gasteiger partial charge is 0.186 e. The van der Waals surface area contributed by atoms with Crippen LogP contribution in [-0.4, -0.2) is 97.4 Å². The van der Waals surface area contributed by atoms with Gasteiger partial charge in [0.05, 0.1) is 40.5 Å². The van der Waals surface area contributed by atoms with Gasteiger partial charge in [-0.15, -0.1) is 0 Å². The lowest BCUT2D eigenvalue weighted by molar-refractivity contribution is -0.302. The van der Waals surface area contributed by atoms with E-state index in [-0.39, 0.29) is 13.2 Å². The average Bonchev–Trinajstić information content (AvgIpc) is 3.31. The Labute approximate surface area is 221 Å². The van der Waals surface area contributed by atoms with Crippen molar-refractivity contribution in [3.05, 3.63) is 47.0 Å². The fourth-order valence-electron chi connectivity index (χ4n) is 4.95. The van der Waals surface area contributed by atoms with Gasteiger partial charge in [0.25, 0.3) is 0 Å². The van der Waals surface area contributed by atoms with Gasteiger partial charge in [-0.1, -0.05) is 12.1 Å². The molecule has 11 nitrogen and oxygen atoms in total. The summed E-state index contributed by atoms with van der Waals surface area (Å²) in [5.74, 6) is 1.76. The van der Waals surface area contributed by atoms with Gasteiger partial charge >= 0.3 is 0 Å². The van der Waals surface area contributed by atoms with Gasteiger partial charge in [0.2, 0.25) is 0 Å². The summed E-state index contributed by atoms with van der Waals surface area (Å²) in [4.78, 5) is 0. The molecule has 0 bridgehead atoms.